The van der Waals surface area contributed by atoms with E-state index < -0.39 is 0 Å². The summed E-state index contributed by atoms with van der Waals surface area (Å²) in [5.74, 6) is 0.150. The van der Waals surface area contributed by atoms with Gasteiger partial charge in [-0.05, 0) is 37.5 Å². The highest BCUT2D eigenvalue weighted by Crippen LogP contribution is 2.29. The van der Waals surface area contributed by atoms with Crippen LogP contribution in [0.1, 0.15) is 38.2 Å². The van der Waals surface area contributed by atoms with Crippen LogP contribution in [-0.4, -0.2) is 10.6 Å². The van der Waals surface area contributed by atoms with E-state index in [-0.39, 0.29) is 11.3 Å². The van der Waals surface area contributed by atoms with E-state index in [1.54, 1.807) is 6.07 Å². The molecule has 1 aliphatic carbocycles. The third-order valence-electron chi connectivity index (χ3n) is 3.44. The number of phenols is 1. The van der Waals surface area contributed by atoms with Crippen LogP contribution in [0, 0.1) is 0 Å². The monoisotopic (exact) mass is 239 g/mol. The summed E-state index contributed by atoms with van der Waals surface area (Å²) >= 11 is 5.87. The van der Waals surface area contributed by atoms with Crippen molar-refractivity contribution in [1.29, 1.82) is 0 Å². The zero-order valence-corrected chi connectivity index (χ0v) is 10.3. The molecule has 1 saturated carbocycles. The lowest BCUT2D eigenvalue weighted by Gasteiger charge is -2.25. The third kappa shape index (κ3) is 2.69. The molecule has 0 aromatic heterocycles. The summed E-state index contributed by atoms with van der Waals surface area (Å²) in [5.41, 5.74) is 1.40. The van der Waals surface area contributed by atoms with Gasteiger partial charge in [0.1, 0.15) is 5.75 Å². The first-order valence-corrected chi connectivity index (χ1v) is 6.19. The first-order valence-electron chi connectivity index (χ1n) is 5.81. The normalized spacial score (nSPS) is 18.9. The lowest BCUT2D eigenvalue weighted by Crippen LogP contribution is -2.38. The molecule has 88 valence electrons. The van der Waals surface area contributed by atoms with Crippen LogP contribution in [0.2, 0.25) is 5.02 Å². The van der Waals surface area contributed by atoms with Gasteiger partial charge in [-0.1, -0.05) is 30.5 Å². The van der Waals surface area contributed by atoms with Gasteiger partial charge in [-0.3, -0.25) is 0 Å². The molecule has 3 heteroatoms. The molecule has 0 amide bonds. The lowest BCUT2D eigenvalue weighted by molar-refractivity contribution is 0.362. The van der Waals surface area contributed by atoms with Crippen LogP contribution in [0.4, 0.5) is 0 Å². The number of phenolic OH excluding ortho intramolecular Hbond substituents is 1. The molecule has 0 unspecified atom stereocenters. The van der Waals surface area contributed by atoms with Crippen molar-refractivity contribution in [2.75, 3.05) is 0 Å². The van der Waals surface area contributed by atoms with Crippen LogP contribution in [-0.2, 0) is 6.54 Å². The molecule has 1 aromatic carbocycles. The van der Waals surface area contributed by atoms with Crippen LogP contribution in [0.5, 0.6) is 5.75 Å². The predicted molar refractivity (Wildman–Crippen MR) is 66.8 cm³/mol. The second-order valence-electron chi connectivity index (χ2n) is 4.91. The number of nitrogens with one attached hydrogen (secondary N) is 1. The highest BCUT2D eigenvalue weighted by Gasteiger charge is 2.27. The molecule has 16 heavy (non-hydrogen) atoms. The van der Waals surface area contributed by atoms with Crippen molar-refractivity contribution in [3.63, 3.8) is 0 Å². The smallest absolute Gasteiger partial charge is 0.134 e. The van der Waals surface area contributed by atoms with Crippen LogP contribution in [0.15, 0.2) is 18.2 Å². The van der Waals surface area contributed by atoms with Gasteiger partial charge in [-0.2, -0.15) is 0 Å². The fourth-order valence-electron chi connectivity index (χ4n) is 2.31. The molecule has 2 N–H and O–H groups in total. The van der Waals surface area contributed by atoms with Gasteiger partial charge >= 0.3 is 0 Å². The molecule has 2 rings (SSSR count). The quantitative estimate of drug-likeness (QED) is 0.847. The van der Waals surface area contributed by atoms with Gasteiger partial charge in [0.05, 0.1) is 5.02 Å². The summed E-state index contributed by atoms with van der Waals surface area (Å²) in [7, 11) is 0. The summed E-state index contributed by atoms with van der Waals surface area (Å²) in [6.45, 7) is 3.10. The van der Waals surface area contributed by atoms with E-state index in [9.17, 15) is 5.11 Å². The van der Waals surface area contributed by atoms with Gasteiger partial charge in [0.2, 0.25) is 0 Å². The molecule has 0 spiro atoms. The highest BCUT2D eigenvalue weighted by atomic mass is 35.5. The lowest BCUT2D eigenvalue weighted by atomic mass is 10.0. The van der Waals surface area contributed by atoms with E-state index in [0.717, 1.165) is 12.1 Å². The van der Waals surface area contributed by atoms with E-state index in [4.69, 9.17) is 11.6 Å². The predicted octanol–water partition coefficient (Wildman–Crippen LogP) is 3.47. The van der Waals surface area contributed by atoms with Gasteiger partial charge in [-0.25, -0.2) is 0 Å². The Morgan fingerprint density at radius 2 is 2.06 bits per heavy atom. The molecule has 0 radical (unpaired) electrons. The third-order valence-corrected chi connectivity index (χ3v) is 3.74. The van der Waals surface area contributed by atoms with Crippen molar-refractivity contribution in [1.82, 2.24) is 5.32 Å². The van der Waals surface area contributed by atoms with Gasteiger partial charge in [0.15, 0.2) is 0 Å². The maximum absolute atomic E-state index is 9.32. The van der Waals surface area contributed by atoms with E-state index >= 15 is 0 Å². The number of aromatic hydroxyl groups is 1. The van der Waals surface area contributed by atoms with Gasteiger partial charge < -0.3 is 10.4 Å². The number of hydrogen-bond donors (Lipinski definition) is 2. The summed E-state index contributed by atoms with van der Waals surface area (Å²) in [5, 5.41) is 13.3. The average molecular weight is 240 g/mol. The Labute approximate surface area is 102 Å². The second kappa shape index (κ2) is 4.64. The van der Waals surface area contributed by atoms with Crippen LogP contribution in [0.25, 0.3) is 0 Å². The van der Waals surface area contributed by atoms with Crippen molar-refractivity contribution in [2.45, 2.75) is 44.7 Å². The first-order chi connectivity index (χ1) is 7.59. The van der Waals surface area contributed by atoms with Gasteiger partial charge in [0.25, 0.3) is 0 Å². The van der Waals surface area contributed by atoms with Crippen molar-refractivity contribution in [3.8, 4) is 5.75 Å². The Balaban J connectivity index is 1.96. The van der Waals surface area contributed by atoms with Crippen LogP contribution in [0.3, 0.4) is 0 Å². The van der Waals surface area contributed by atoms with Crippen LogP contribution >= 0.6 is 11.6 Å². The number of rotatable bonds is 3. The first kappa shape index (κ1) is 11.7. The molecule has 1 fully saturated rings. The molecule has 2 nitrogen and oxygen atoms in total. The van der Waals surface area contributed by atoms with Crippen molar-refractivity contribution in [2.24, 2.45) is 0 Å². The minimum absolute atomic E-state index is 0.150. The van der Waals surface area contributed by atoms with Crippen molar-refractivity contribution >= 4 is 11.6 Å². The molecule has 1 aromatic rings. The van der Waals surface area contributed by atoms with E-state index in [1.807, 2.05) is 12.1 Å². The Morgan fingerprint density at radius 3 is 2.69 bits per heavy atom. The Kier molecular flexibility index (Phi) is 3.41. The Morgan fingerprint density at radius 1 is 1.38 bits per heavy atom. The SMILES string of the molecule is CC1(NCc2ccc(O)c(Cl)c2)CCCC1. The largest absolute Gasteiger partial charge is 0.506 e. The van der Waals surface area contributed by atoms with E-state index in [0.29, 0.717) is 5.02 Å². The minimum Gasteiger partial charge on any atom is -0.506 e. The maximum Gasteiger partial charge on any atom is 0.134 e. The fourth-order valence-corrected chi connectivity index (χ4v) is 2.51. The zero-order valence-electron chi connectivity index (χ0n) is 9.59. The van der Waals surface area contributed by atoms with E-state index in [1.165, 1.54) is 25.7 Å². The van der Waals surface area contributed by atoms with Gasteiger partial charge in [0, 0.05) is 12.1 Å². The zero-order chi connectivity index (χ0) is 11.6. The summed E-state index contributed by atoms with van der Waals surface area (Å²) < 4.78 is 0. The molecule has 0 bridgehead atoms. The van der Waals surface area contributed by atoms with Crippen molar-refractivity contribution in [3.05, 3.63) is 28.8 Å². The van der Waals surface area contributed by atoms with Crippen LogP contribution < -0.4 is 5.32 Å². The molecule has 0 atom stereocenters. The van der Waals surface area contributed by atoms with E-state index in [2.05, 4.69) is 12.2 Å². The molecule has 0 saturated heterocycles. The standard InChI is InChI=1S/C13H18ClNO/c1-13(6-2-3-7-13)15-9-10-4-5-12(16)11(14)8-10/h4-5,8,15-16H,2-3,6-7,9H2,1H3. The summed E-state index contributed by atoms with van der Waals surface area (Å²) in [6, 6.07) is 5.38. The Bertz CT molecular complexity index is 372. The second-order valence-corrected chi connectivity index (χ2v) is 5.31. The average Bonchev–Trinajstić information content (AvgIpc) is 2.68. The number of halogens is 1. The molecule has 1 aliphatic rings. The van der Waals surface area contributed by atoms with Gasteiger partial charge in [-0.15, -0.1) is 0 Å². The number of hydrogen-bond acceptors (Lipinski definition) is 2. The molecular weight excluding hydrogens is 222 g/mol. The topological polar surface area (TPSA) is 32.3 Å². The maximum atomic E-state index is 9.32. The van der Waals surface area contributed by atoms with Crippen molar-refractivity contribution < 1.29 is 5.11 Å². The Hall–Kier alpha value is -0.730. The molecule has 0 aliphatic heterocycles. The molecular formula is C13H18ClNO. The molecule has 0 heterocycles. The summed E-state index contributed by atoms with van der Waals surface area (Å²) in [6.07, 6.45) is 5.14. The number of benzene rings is 1. The minimum atomic E-state index is 0.150. The summed E-state index contributed by atoms with van der Waals surface area (Å²) in [4.78, 5) is 0. The highest BCUT2D eigenvalue weighted by molar-refractivity contribution is 6.32. The fraction of sp³-hybridized carbons (Fsp3) is 0.538.